The van der Waals surface area contributed by atoms with E-state index in [4.69, 9.17) is 9.47 Å². The van der Waals surface area contributed by atoms with Gasteiger partial charge in [-0.05, 0) is 38.8 Å². The molecule has 2 unspecified atom stereocenters. The first-order valence-corrected chi connectivity index (χ1v) is 10.00. The van der Waals surface area contributed by atoms with Crippen LogP contribution in [0.25, 0.3) is 10.8 Å². The number of carbonyl (C=O) groups is 1. The molecule has 4 nitrogen and oxygen atoms in total. The lowest BCUT2D eigenvalue weighted by molar-refractivity contribution is -0.136. The summed E-state index contributed by atoms with van der Waals surface area (Å²) >= 11 is 0. The Hall–Kier alpha value is -2.07. The molecule has 2 aromatic rings. The number of nitrogens with one attached hydrogen (secondary N) is 1. The van der Waals surface area contributed by atoms with Gasteiger partial charge in [0.25, 0.3) is 5.91 Å². The Bertz CT molecular complexity index is 758. The highest BCUT2D eigenvalue weighted by atomic mass is 16.5. The van der Waals surface area contributed by atoms with E-state index in [1.54, 1.807) is 7.11 Å². The Morgan fingerprint density at radius 3 is 2.44 bits per heavy atom. The van der Waals surface area contributed by atoms with E-state index in [-0.39, 0.29) is 12.0 Å². The minimum Gasteiger partial charge on any atom is -0.490 e. The Morgan fingerprint density at radius 2 is 1.81 bits per heavy atom. The molecule has 0 aliphatic heterocycles. The highest BCUT2D eigenvalue weighted by Gasteiger charge is 2.32. The number of hydrogen-bond acceptors (Lipinski definition) is 3. The van der Waals surface area contributed by atoms with Crippen molar-refractivity contribution in [1.82, 2.24) is 0 Å². The number of fused-ring (bicyclic) bond motifs is 1. The van der Waals surface area contributed by atoms with Crippen LogP contribution in [-0.2, 0) is 9.53 Å². The van der Waals surface area contributed by atoms with E-state index in [9.17, 15) is 4.79 Å². The summed E-state index contributed by atoms with van der Waals surface area (Å²) in [4.78, 5) is 12.9. The average Bonchev–Trinajstić information content (AvgIpc) is 2.69. The van der Waals surface area contributed by atoms with E-state index in [1.165, 1.54) is 0 Å². The summed E-state index contributed by atoms with van der Waals surface area (Å²) < 4.78 is 11.6. The van der Waals surface area contributed by atoms with Crippen molar-refractivity contribution in [3.8, 4) is 5.75 Å². The van der Waals surface area contributed by atoms with Crippen LogP contribution in [-0.4, -0.2) is 24.7 Å². The average molecular weight is 372 g/mol. The molecule has 1 N–H and O–H groups in total. The quantitative estimate of drug-likeness (QED) is 0.526. The summed E-state index contributed by atoms with van der Waals surface area (Å²) in [6, 6.07) is 11.9. The number of carbonyl (C=O) groups excluding carboxylic acids is 1. The summed E-state index contributed by atoms with van der Waals surface area (Å²) in [5, 5.41) is 5.05. The van der Waals surface area contributed by atoms with Crippen molar-refractivity contribution in [3.05, 3.63) is 36.4 Å². The standard InChI is InChI=1S/C23H33NO3/c1-6-8-11-16-23(4,26-5)22(25)24-20-14-15-21(27-17(3)7-2)19-13-10-9-12-18(19)20/h9-10,12-15,17H,6-8,11,16H2,1-5H3,(H,24,25). The third kappa shape index (κ3) is 5.23. The van der Waals surface area contributed by atoms with Crippen LogP contribution < -0.4 is 10.1 Å². The molecule has 0 bridgehead atoms. The van der Waals surface area contributed by atoms with Gasteiger partial charge in [-0.1, -0.05) is 57.4 Å². The van der Waals surface area contributed by atoms with Crippen LogP contribution >= 0.6 is 0 Å². The maximum Gasteiger partial charge on any atom is 0.256 e. The third-order valence-electron chi connectivity index (χ3n) is 5.22. The van der Waals surface area contributed by atoms with E-state index in [1.807, 2.05) is 43.3 Å². The van der Waals surface area contributed by atoms with Crippen molar-refractivity contribution < 1.29 is 14.3 Å². The van der Waals surface area contributed by atoms with Gasteiger partial charge < -0.3 is 14.8 Å². The second kappa shape index (κ2) is 9.75. The van der Waals surface area contributed by atoms with Gasteiger partial charge >= 0.3 is 0 Å². The summed E-state index contributed by atoms with van der Waals surface area (Å²) in [7, 11) is 1.60. The molecular weight excluding hydrogens is 338 g/mol. The fraction of sp³-hybridized carbons (Fsp3) is 0.522. The Labute approximate surface area is 163 Å². The molecule has 27 heavy (non-hydrogen) atoms. The van der Waals surface area contributed by atoms with Gasteiger partial charge in [-0.3, -0.25) is 4.79 Å². The monoisotopic (exact) mass is 371 g/mol. The molecule has 0 fully saturated rings. The van der Waals surface area contributed by atoms with Crippen molar-refractivity contribution in [1.29, 1.82) is 0 Å². The fourth-order valence-electron chi connectivity index (χ4n) is 3.06. The predicted octanol–water partition coefficient (Wildman–Crippen LogP) is 5.94. The molecule has 0 spiro atoms. The van der Waals surface area contributed by atoms with Crippen molar-refractivity contribution in [2.75, 3.05) is 12.4 Å². The smallest absolute Gasteiger partial charge is 0.256 e. The third-order valence-corrected chi connectivity index (χ3v) is 5.22. The number of methoxy groups -OCH3 is 1. The molecule has 4 heteroatoms. The van der Waals surface area contributed by atoms with Gasteiger partial charge in [0, 0.05) is 23.6 Å². The number of benzene rings is 2. The van der Waals surface area contributed by atoms with Crippen LogP contribution in [0.5, 0.6) is 5.75 Å². The zero-order valence-corrected chi connectivity index (χ0v) is 17.3. The van der Waals surface area contributed by atoms with Crippen molar-refractivity contribution in [2.45, 2.75) is 71.5 Å². The van der Waals surface area contributed by atoms with E-state index in [0.717, 1.165) is 47.9 Å². The SMILES string of the molecule is CCCCCC(C)(OC)C(=O)Nc1ccc(OC(C)CC)c2ccccc12. The Balaban J connectivity index is 2.28. The normalized spacial score (nSPS) is 14.6. The number of ether oxygens (including phenoxy) is 2. The van der Waals surface area contributed by atoms with Crippen molar-refractivity contribution in [3.63, 3.8) is 0 Å². The Kier molecular flexibility index (Phi) is 7.66. The molecule has 0 aliphatic carbocycles. The number of unbranched alkanes of at least 4 members (excludes halogenated alkanes) is 2. The second-order valence-electron chi connectivity index (χ2n) is 7.34. The van der Waals surface area contributed by atoms with E-state index in [0.29, 0.717) is 6.42 Å². The first-order valence-electron chi connectivity index (χ1n) is 10.00. The molecule has 0 saturated carbocycles. The first kappa shape index (κ1) is 21.2. The summed E-state index contributed by atoms with van der Waals surface area (Å²) in [6.45, 7) is 8.18. The predicted molar refractivity (Wildman–Crippen MR) is 113 cm³/mol. The van der Waals surface area contributed by atoms with E-state index in [2.05, 4.69) is 26.1 Å². The van der Waals surface area contributed by atoms with Gasteiger partial charge in [0.1, 0.15) is 11.4 Å². The van der Waals surface area contributed by atoms with Gasteiger partial charge in [-0.2, -0.15) is 0 Å². The minimum atomic E-state index is -0.831. The second-order valence-corrected chi connectivity index (χ2v) is 7.34. The molecule has 2 atom stereocenters. The maximum absolute atomic E-state index is 12.9. The molecule has 1 amide bonds. The first-order chi connectivity index (χ1) is 12.9. The van der Waals surface area contributed by atoms with Crippen LogP contribution in [0.15, 0.2) is 36.4 Å². The van der Waals surface area contributed by atoms with Gasteiger partial charge in [-0.25, -0.2) is 0 Å². The van der Waals surface area contributed by atoms with Crippen LogP contribution in [0.1, 0.15) is 59.8 Å². The zero-order chi connectivity index (χ0) is 19.9. The number of amides is 1. The Morgan fingerprint density at radius 1 is 1.11 bits per heavy atom. The van der Waals surface area contributed by atoms with Crippen molar-refractivity contribution >= 4 is 22.4 Å². The maximum atomic E-state index is 12.9. The highest BCUT2D eigenvalue weighted by molar-refractivity contribution is 6.06. The molecule has 2 rings (SSSR count). The summed E-state index contributed by atoms with van der Waals surface area (Å²) in [5.41, 5.74) is -0.0480. The molecule has 0 heterocycles. The minimum absolute atomic E-state index is 0.109. The number of anilines is 1. The molecule has 148 valence electrons. The molecule has 0 aliphatic rings. The zero-order valence-electron chi connectivity index (χ0n) is 17.3. The van der Waals surface area contributed by atoms with E-state index >= 15 is 0 Å². The summed E-state index contributed by atoms with van der Waals surface area (Å²) in [5.74, 6) is 0.734. The number of rotatable bonds is 10. The van der Waals surface area contributed by atoms with Gasteiger partial charge in [0.15, 0.2) is 0 Å². The van der Waals surface area contributed by atoms with Crippen LogP contribution in [0.4, 0.5) is 5.69 Å². The van der Waals surface area contributed by atoms with Crippen LogP contribution in [0.2, 0.25) is 0 Å². The lowest BCUT2D eigenvalue weighted by atomic mass is 9.96. The van der Waals surface area contributed by atoms with Gasteiger partial charge in [0.2, 0.25) is 0 Å². The largest absolute Gasteiger partial charge is 0.490 e. The van der Waals surface area contributed by atoms with Crippen LogP contribution in [0.3, 0.4) is 0 Å². The molecule has 2 aromatic carbocycles. The fourth-order valence-corrected chi connectivity index (χ4v) is 3.06. The molecular formula is C23H33NO3. The highest BCUT2D eigenvalue weighted by Crippen LogP contribution is 2.33. The molecule has 0 aromatic heterocycles. The van der Waals surface area contributed by atoms with Gasteiger partial charge in [0.05, 0.1) is 6.10 Å². The van der Waals surface area contributed by atoms with Crippen LogP contribution in [0, 0.1) is 0 Å². The topological polar surface area (TPSA) is 47.6 Å². The lowest BCUT2D eigenvalue weighted by Gasteiger charge is -2.27. The molecule has 0 radical (unpaired) electrons. The number of hydrogen-bond donors (Lipinski definition) is 1. The van der Waals surface area contributed by atoms with E-state index < -0.39 is 5.60 Å². The lowest BCUT2D eigenvalue weighted by Crippen LogP contribution is -2.42. The van der Waals surface area contributed by atoms with Crippen molar-refractivity contribution in [2.24, 2.45) is 0 Å². The summed E-state index contributed by atoms with van der Waals surface area (Å²) in [6.07, 6.45) is 4.97. The molecule has 0 saturated heterocycles. The van der Waals surface area contributed by atoms with Gasteiger partial charge in [-0.15, -0.1) is 0 Å².